The molecular formula is C29H20Cl2FNO5. The lowest BCUT2D eigenvalue weighted by molar-refractivity contribution is -0.157. The molecule has 1 aliphatic heterocycles. The molecule has 1 saturated heterocycles. The summed E-state index contributed by atoms with van der Waals surface area (Å²) in [6.07, 6.45) is 0. The van der Waals surface area contributed by atoms with Crippen LogP contribution in [-0.4, -0.2) is 41.1 Å². The zero-order valence-electron chi connectivity index (χ0n) is 20.0. The van der Waals surface area contributed by atoms with Crippen molar-refractivity contribution in [3.63, 3.8) is 0 Å². The van der Waals surface area contributed by atoms with E-state index in [9.17, 15) is 23.6 Å². The molecule has 0 spiro atoms. The van der Waals surface area contributed by atoms with Gasteiger partial charge in [-0.1, -0.05) is 48.5 Å². The van der Waals surface area contributed by atoms with Gasteiger partial charge in [-0.3, -0.25) is 19.3 Å². The van der Waals surface area contributed by atoms with Crippen molar-refractivity contribution in [3.8, 4) is 0 Å². The number of rotatable bonds is 5. The van der Waals surface area contributed by atoms with Crippen LogP contribution in [-0.2, 0) is 28.9 Å². The van der Waals surface area contributed by atoms with Crippen molar-refractivity contribution in [2.24, 2.45) is 11.8 Å². The van der Waals surface area contributed by atoms with E-state index in [1.165, 1.54) is 19.1 Å². The monoisotopic (exact) mass is 551 g/mol. The van der Waals surface area contributed by atoms with E-state index in [4.69, 9.17) is 27.9 Å². The Morgan fingerprint density at radius 1 is 0.842 bits per heavy atom. The summed E-state index contributed by atoms with van der Waals surface area (Å²) in [6.45, 7) is 0.732. The molecule has 2 amide bonds. The minimum Gasteiger partial charge on any atom is -0.456 e. The number of hydrogen-bond acceptors (Lipinski definition) is 5. The molecule has 0 radical (unpaired) electrons. The van der Waals surface area contributed by atoms with E-state index in [-0.39, 0.29) is 5.56 Å². The van der Waals surface area contributed by atoms with Crippen molar-refractivity contribution in [2.45, 2.75) is 22.7 Å². The Labute approximate surface area is 227 Å². The first kappa shape index (κ1) is 24.8. The predicted octanol–water partition coefficient (Wildman–Crippen LogP) is 4.53. The Morgan fingerprint density at radius 2 is 1.26 bits per heavy atom. The number of ketones is 1. The number of ether oxygens (including phenoxy) is 1. The number of amides is 2. The van der Waals surface area contributed by atoms with E-state index >= 15 is 0 Å². The highest BCUT2D eigenvalue weighted by molar-refractivity contribution is 6.36. The number of benzene rings is 3. The number of halogens is 3. The summed E-state index contributed by atoms with van der Waals surface area (Å²) in [5, 5.41) is 0. The van der Waals surface area contributed by atoms with Crippen LogP contribution in [0.25, 0.3) is 0 Å². The summed E-state index contributed by atoms with van der Waals surface area (Å²) in [5.74, 6) is -5.34. The van der Waals surface area contributed by atoms with E-state index < -0.39 is 63.6 Å². The van der Waals surface area contributed by atoms with Crippen molar-refractivity contribution >= 4 is 46.8 Å². The number of alkyl halides is 2. The van der Waals surface area contributed by atoms with Crippen LogP contribution >= 0.6 is 23.2 Å². The number of hydrogen-bond donors (Lipinski definition) is 0. The zero-order valence-corrected chi connectivity index (χ0v) is 21.5. The largest absolute Gasteiger partial charge is 0.456 e. The second kappa shape index (κ2) is 8.48. The standard InChI is InChI=1S/C29H20Cl2FNO5/c1-15(27(37)38-14-22(34)16-10-12-17(32)13-11-16)33-25(35)23-24(26(33)36)29(31)19-7-3-2-6-18(19)28(23,30)20-8-4-5-9-21(20)29/h2-13,15,23-24H,14H2,1H3/t15-,23-,24+,28?,29?/m1/s1. The van der Waals surface area contributed by atoms with Crippen LogP contribution in [0.2, 0.25) is 0 Å². The molecule has 3 atom stereocenters. The SMILES string of the molecule is C[C@H](C(=O)OCC(=O)c1ccc(F)cc1)N1C(=O)[C@@H]2[C@H](C1=O)C1(Cl)c3ccccc3C2(Cl)c2ccccc21. The Bertz CT molecular complexity index is 1420. The van der Waals surface area contributed by atoms with Gasteiger partial charge in [-0.25, -0.2) is 9.18 Å². The summed E-state index contributed by atoms with van der Waals surface area (Å²) in [5.41, 5.74) is 2.77. The highest BCUT2D eigenvalue weighted by Crippen LogP contribution is 2.69. The van der Waals surface area contributed by atoms with Gasteiger partial charge < -0.3 is 4.74 Å². The molecule has 3 aromatic rings. The molecule has 38 heavy (non-hydrogen) atoms. The Morgan fingerprint density at radius 3 is 1.68 bits per heavy atom. The van der Waals surface area contributed by atoms with E-state index in [0.717, 1.165) is 17.0 Å². The van der Waals surface area contributed by atoms with Crippen LogP contribution in [0.15, 0.2) is 72.8 Å². The molecule has 6 nitrogen and oxygen atoms in total. The lowest BCUT2D eigenvalue weighted by Gasteiger charge is -2.54. The fourth-order valence-electron chi connectivity index (χ4n) is 6.15. The summed E-state index contributed by atoms with van der Waals surface area (Å²) in [6, 6.07) is 17.9. The van der Waals surface area contributed by atoms with Crippen molar-refractivity contribution in [1.29, 1.82) is 0 Å². The topological polar surface area (TPSA) is 80.8 Å². The van der Waals surface area contributed by atoms with Gasteiger partial charge in [0.2, 0.25) is 11.8 Å². The number of imide groups is 1. The van der Waals surface area contributed by atoms with Crippen molar-refractivity contribution < 1.29 is 28.3 Å². The number of Topliss-reactive ketones (excluding diaryl/α,β-unsaturated/α-hetero) is 1. The molecule has 9 heteroatoms. The first-order chi connectivity index (χ1) is 18.1. The molecule has 3 aromatic carbocycles. The number of nitrogens with zero attached hydrogens (tertiary/aromatic N) is 1. The predicted molar refractivity (Wildman–Crippen MR) is 136 cm³/mol. The first-order valence-corrected chi connectivity index (χ1v) is 12.8. The van der Waals surface area contributed by atoms with Crippen molar-refractivity contribution in [2.75, 3.05) is 6.61 Å². The van der Waals surface area contributed by atoms with Crippen LogP contribution in [0.1, 0.15) is 39.5 Å². The lowest BCUT2D eigenvalue weighted by Crippen LogP contribution is -2.57. The van der Waals surface area contributed by atoms with Gasteiger partial charge in [-0.2, -0.15) is 0 Å². The van der Waals surface area contributed by atoms with Gasteiger partial charge in [0, 0.05) is 5.56 Å². The minimum absolute atomic E-state index is 0.159. The molecule has 2 bridgehead atoms. The number of carbonyl (C=O) groups excluding carboxylic acids is 4. The van der Waals surface area contributed by atoms with Crippen LogP contribution in [0.5, 0.6) is 0 Å². The summed E-state index contributed by atoms with van der Waals surface area (Å²) in [4.78, 5) is 51.3. The number of likely N-dealkylation sites (tertiary alicyclic amines) is 1. The lowest BCUT2D eigenvalue weighted by atomic mass is 9.54. The van der Waals surface area contributed by atoms with Crippen LogP contribution in [0, 0.1) is 17.7 Å². The molecule has 7 rings (SSSR count). The van der Waals surface area contributed by atoms with Crippen LogP contribution < -0.4 is 0 Å². The third-order valence-corrected chi connectivity index (χ3v) is 9.14. The molecule has 0 N–H and O–H groups in total. The van der Waals surface area contributed by atoms with Gasteiger partial charge >= 0.3 is 5.97 Å². The molecular weight excluding hydrogens is 532 g/mol. The van der Waals surface area contributed by atoms with Gasteiger partial charge in [0.05, 0.1) is 11.8 Å². The van der Waals surface area contributed by atoms with Gasteiger partial charge in [0.1, 0.15) is 21.6 Å². The average Bonchev–Trinajstić information content (AvgIpc) is 3.21. The third-order valence-electron chi connectivity index (χ3n) is 7.86. The second-order valence-electron chi connectivity index (χ2n) is 9.73. The Kier molecular flexibility index (Phi) is 5.53. The van der Waals surface area contributed by atoms with Gasteiger partial charge in [-0.15, -0.1) is 23.2 Å². The van der Waals surface area contributed by atoms with Gasteiger partial charge in [0.15, 0.2) is 12.4 Å². The summed E-state index contributed by atoms with van der Waals surface area (Å²) < 4.78 is 18.3. The van der Waals surface area contributed by atoms with E-state index in [1.807, 2.05) is 24.3 Å². The maximum Gasteiger partial charge on any atom is 0.329 e. The maximum absolute atomic E-state index is 13.9. The second-order valence-corrected chi connectivity index (χ2v) is 10.9. The molecule has 4 aliphatic rings. The Hall–Kier alpha value is -3.55. The molecule has 0 saturated carbocycles. The smallest absolute Gasteiger partial charge is 0.329 e. The molecule has 1 fully saturated rings. The van der Waals surface area contributed by atoms with Crippen molar-refractivity contribution in [3.05, 3.63) is 106 Å². The normalized spacial score (nSPS) is 27.4. The molecule has 3 aliphatic carbocycles. The van der Waals surface area contributed by atoms with E-state index in [1.54, 1.807) is 24.3 Å². The van der Waals surface area contributed by atoms with E-state index in [2.05, 4.69) is 0 Å². The summed E-state index contributed by atoms with van der Waals surface area (Å²) >= 11 is 14.7. The maximum atomic E-state index is 13.9. The molecule has 0 unspecified atom stereocenters. The number of esters is 1. The van der Waals surface area contributed by atoms with Crippen molar-refractivity contribution in [1.82, 2.24) is 4.90 Å². The Balaban J connectivity index is 1.33. The highest BCUT2D eigenvalue weighted by Gasteiger charge is 2.73. The van der Waals surface area contributed by atoms with Crippen LogP contribution in [0.3, 0.4) is 0 Å². The fourth-order valence-corrected chi connectivity index (χ4v) is 7.25. The van der Waals surface area contributed by atoms with Gasteiger partial charge in [-0.05, 0) is 53.4 Å². The molecule has 192 valence electrons. The van der Waals surface area contributed by atoms with Crippen LogP contribution in [0.4, 0.5) is 4.39 Å². The summed E-state index contributed by atoms with van der Waals surface area (Å²) in [7, 11) is 0. The van der Waals surface area contributed by atoms with Gasteiger partial charge in [0.25, 0.3) is 0 Å². The average molecular weight is 552 g/mol. The zero-order chi connectivity index (χ0) is 27.0. The third kappa shape index (κ3) is 3.12. The fraction of sp³-hybridized carbons (Fsp3) is 0.241. The number of carbonyl (C=O) groups is 4. The van der Waals surface area contributed by atoms with E-state index in [0.29, 0.717) is 22.3 Å². The quantitative estimate of drug-likeness (QED) is 0.201. The first-order valence-electron chi connectivity index (χ1n) is 12.0. The highest BCUT2D eigenvalue weighted by atomic mass is 35.5. The molecule has 0 aromatic heterocycles. The molecule has 1 heterocycles. The minimum atomic E-state index is -1.36.